The molecular weight excluding hydrogens is 230 g/mol. The summed E-state index contributed by atoms with van der Waals surface area (Å²) in [6.45, 7) is 0. The third-order valence-corrected chi connectivity index (χ3v) is 2.03. The molecular formula is C9H13N3O5. The zero-order chi connectivity index (χ0) is 13.0. The molecule has 1 rings (SSSR count). The maximum absolute atomic E-state index is 10.4. The van der Waals surface area contributed by atoms with E-state index in [-0.39, 0.29) is 17.4 Å². The molecule has 0 amide bonds. The van der Waals surface area contributed by atoms with Crippen LogP contribution in [0.5, 0.6) is 5.88 Å². The van der Waals surface area contributed by atoms with Gasteiger partial charge in [0.1, 0.15) is 6.10 Å². The van der Waals surface area contributed by atoms with Gasteiger partial charge in [-0.05, 0) is 0 Å². The number of methoxy groups -OCH3 is 1. The number of ether oxygens (including phenoxy) is 1. The summed E-state index contributed by atoms with van der Waals surface area (Å²) in [5.41, 5.74) is 5.41. The van der Waals surface area contributed by atoms with Crippen molar-refractivity contribution in [1.29, 1.82) is 0 Å². The SMILES string of the molecule is COc1nc(C(O)C(O)CC(=O)O)cnc1N. The highest BCUT2D eigenvalue weighted by Crippen LogP contribution is 2.21. The highest BCUT2D eigenvalue weighted by Gasteiger charge is 2.23. The summed E-state index contributed by atoms with van der Waals surface area (Å²) in [6, 6.07) is 0. The first-order valence-corrected chi connectivity index (χ1v) is 4.70. The third-order valence-electron chi connectivity index (χ3n) is 2.03. The lowest BCUT2D eigenvalue weighted by molar-refractivity contribution is -0.141. The van der Waals surface area contributed by atoms with Crippen molar-refractivity contribution >= 4 is 11.8 Å². The normalized spacial score (nSPS) is 14.1. The predicted molar refractivity (Wildman–Crippen MR) is 56.2 cm³/mol. The molecule has 0 fully saturated rings. The molecule has 0 aliphatic heterocycles. The van der Waals surface area contributed by atoms with Gasteiger partial charge in [-0.1, -0.05) is 0 Å². The summed E-state index contributed by atoms with van der Waals surface area (Å²) in [5, 5.41) is 27.5. The van der Waals surface area contributed by atoms with E-state index in [0.717, 1.165) is 6.20 Å². The van der Waals surface area contributed by atoms with Gasteiger partial charge in [0.2, 0.25) is 0 Å². The van der Waals surface area contributed by atoms with Crippen LogP contribution in [0.4, 0.5) is 5.82 Å². The van der Waals surface area contributed by atoms with Crippen LogP contribution >= 0.6 is 0 Å². The molecule has 17 heavy (non-hydrogen) atoms. The first kappa shape index (κ1) is 13.1. The van der Waals surface area contributed by atoms with Crippen LogP contribution in [-0.4, -0.2) is 44.5 Å². The number of aliphatic hydroxyl groups excluding tert-OH is 2. The molecule has 8 heteroatoms. The second-order valence-electron chi connectivity index (χ2n) is 3.30. The van der Waals surface area contributed by atoms with Crippen LogP contribution in [0.15, 0.2) is 6.20 Å². The number of hydrogen-bond donors (Lipinski definition) is 4. The van der Waals surface area contributed by atoms with Gasteiger partial charge < -0.3 is 25.8 Å². The number of nitrogens with zero attached hydrogens (tertiary/aromatic N) is 2. The molecule has 0 spiro atoms. The largest absolute Gasteiger partial charge is 0.481 e. The van der Waals surface area contributed by atoms with Crippen molar-refractivity contribution in [3.8, 4) is 5.88 Å². The molecule has 1 heterocycles. The Bertz CT molecular complexity index is 412. The smallest absolute Gasteiger partial charge is 0.306 e. The molecule has 1 aromatic rings. The molecule has 0 saturated carbocycles. The van der Waals surface area contributed by atoms with E-state index < -0.39 is 24.6 Å². The summed E-state index contributed by atoms with van der Waals surface area (Å²) in [6.07, 6.45) is -2.40. The molecule has 0 aliphatic rings. The topological polar surface area (TPSA) is 139 Å². The van der Waals surface area contributed by atoms with Gasteiger partial charge in [-0.2, -0.15) is 0 Å². The number of carbonyl (C=O) groups is 1. The van der Waals surface area contributed by atoms with Gasteiger partial charge in [0.25, 0.3) is 5.88 Å². The molecule has 0 aliphatic carbocycles. The first-order valence-electron chi connectivity index (χ1n) is 4.70. The fourth-order valence-electron chi connectivity index (χ4n) is 1.17. The van der Waals surface area contributed by atoms with Gasteiger partial charge >= 0.3 is 5.97 Å². The van der Waals surface area contributed by atoms with Crippen molar-refractivity contribution in [2.75, 3.05) is 12.8 Å². The van der Waals surface area contributed by atoms with E-state index in [1.54, 1.807) is 0 Å². The average Bonchev–Trinajstić information content (AvgIpc) is 2.27. The van der Waals surface area contributed by atoms with Crippen molar-refractivity contribution < 1.29 is 24.9 Å². The van der Waals surface area contributed by atoms with Crippen molar-refractivity contribution in [2.24, 2.45) is 0 Å². The zero-order valence-corrected chi connectivity index (χ0v) is 9.07. The molecule has 0 bridgehead atoms. The van der Waals surface area contributed by atoms with E-state index in [1.165, 1.54) is 7.11 Å². The summed E-state index contributed by atoms with van der Waals surface area (Å²) >= 11 is 0. The van der Waals surface area contributed by atoms with Gasteiger partial charge in [0, 0.05) is 0 Å². The Balaban J connectivity index is 2.88. The predicted octanol–water partition coefficient (Wildman–Crippen LogP) is -1.06. The van der Waals surface area contributed by atoms with E-state index in [4.69, 9.17) is 15.6 Å². The van der Waals surface area contributed by atoms with Gasteiger partial charge in [0.05, 0.1) is 31.5 Å². The molecule has 2 atom stereocenters. The second kappa shape index (κ2) is 5.41. The van der Waals surface area contributed by atoms with E-state index >= 15 is 0 Å². The van der Waals surface area contributed by atoms with Gasteiger partial charge in [-0.3, -0.25) is 4.79 Å². The number of rotatable bonds is 5. The first-order chi connectivity index (χ1) is 7.95. The average molecular weight is 243 g/mol. The number of carboxylic acid groups (broad SMARTS) is 1. The number of nitrogen functional groups attached to an aromatic ring is 1. The Hall–Kier alpha value is -1.93. The summed E-state index contributed by atoms with van der Waals surface area (Å²) in [4.78, 5) is 17.9. The van der Waals surface area contributed by atoms with E-state index in [2.05, 4.69) is 9.97 Å². The lowest BCUT2D eigenvalue weighted by Crippen LogP contribution is -2.23. The van der Waals surface area contributed by atoms with Crippen molar-refractivity contribution in [2.45, 2.75) is 18.6 Å². The van der Waals surface area contributed by atoms with Crippen LogP contribution < -0.4 is 10.5 Å². The Morgan fingerprint density at radius 1 is 1.59 bits per heavy atom. The summed E-state index contributed by atoms with van der Waals surface area (Å²) < 4.78 is 4.79. The van der Waals surface area contributed by atoms with Crippen LogP contribution in [0.25, 0.3) is 0 Å². The fraction of sp³-hybridized carbons (Fsp3) is 0.444. The molecule has 0 aromatic carbocycles. The second-order valence-corrected chi connectivity index (χ2v) is 3.30. The van der Waals surface area contributed by atoms with Crippen LogP contribution in [0.2, 0.25) is 0 Å². The summed E-state index contributed by atoms with van der Waals surface area (Å²) in [7, 11) is 1.32. The van der Waals surface area contributed by atoms with Crippen molar-refractivity contribution in [3.63, 3.8) is 0 Å². The third kappa shape index (κ3) is 3.26. The Labute approximate surface area is 96.7 Å². The van der Waals surface area contributed by atoms with E-state index in [0.29, 0.717) is 0 Å². The standard InChI is InChI=1S/C9H13N3O5/c1-17-9-8(10)11-3-4(12-9)7(16)5(13)2-6(14)15/h3,5,7,13,16H,2H2,1H3,(H2,10,11)(H,14,15). The quantitative estimate of drug-likeness (QED) is 0.513. The number of aliphatic carboxylic acids is 1. The minimum absolute atomic E-state index is 0.00377. The van der Waals surface area contributed by atoms with Crippen molar-refractivity contribution in [1.82, 2.24) is 9.97 Å². The molecule has 1 aromatic heterocycles. The number of aromatic nitrogens is 2. The van der Waals surface area contributed by atoms with Gasteiger partial charge in [-0.25, -0.2) is 9.97 Å². The van der Waals surface area contributed by atoms with Crippen LogP contribution in [0, 0.1) is 0 Å². The highest BCUT2D eigenvalue weighted by atomic mass is 16.5. The van der Waals surface area contributed by atoms with Gasteiger partial charge in [0.15, 0.2) is 5.82 Å². The minimum Gasteiger partial charge on any atom is -0.481 e. The number of carboxylic acids is 1. The van der Waals surface area contributed by atoms with Crippen LogP contribution in [0.3, 0.4) is 0 Å². The fourth-order valence-corrected chi connectivity index (χ4v) is 1.17. The van der Waals surface area contributed by atoms with Crippen molar-refractivity contribution in [3.05, 3.63) is 11.9 Å². The molecule has 5 N–H and O–H groups in total. The van der Waals surface area contributed by atoms with E-state index in [1.807, 2.05) is 0 Å². The maximum atomic E-state index is 10.4. The molecule has 2 unspecified atom stereocenters. The Kier molecular flexibility index (Phi) is 4.18. The number of anilines is 1. The number of aliphatic hydroxyl groups is 2. The molecule has 0 saturated heterocycles. The Morgan fingerprint density at radius 2 is 2.24 bits per heavy atom. The highest BCUT2D eigenvalue weighted by molar-refractivity contribution is 5.67. The maximum Gasteiger partial charge on any atom is 0.306 e. The van der Waals surface area contributed by atoms with Crippen LogP contribution in [0.1, 0.15) is 18.2 Å². The number of nitrogens with two attached hydrogens (primary N) is 1. The van der Waals surface area contributed by atoms with Gasteiger partial charge in [-0.15, -0.1) is 0 Å². The molecule has 0 radical (unpaired) electrons. The lowest BCUT2D eigenvalue weighted by Gasteiger charge is -2.15. The van der Waals surface area contributed by atoms with Crippen LogP contribution in [-0.2, 0) is 4.79 Å². The van der Waals surface area contributed by atoms with E-state index in [9.17, 15) is 15.0 Å². The monoisotopic (exact) mass is 243 g/mol. The molecule has 8 nitrogen and oxygen atoms in total. The Morgan fingerprint density at radius 3 is 2.76 bits per heavy atom. The summed E-state index contributed by atoms with van der Waals surface area (Å²) in [5.74, 6) is -1.19. The zero-order valence-electron chi connectivity index (χ0n) is 9.07. The lowest BCUT2D eigenvalue weighted by atomic mass is 10.1. The minimum atomic E-state index is -1.48. The molecule has 94 valence electrons. The number of hydrogen-bond acceptors (Lipinski definition) is 7.